The maximum Gasteiger partial charge on any atom is 0.308 e. The van der Waals surface area contributed by atoms with Crippen molar-refractivity contribution in [1.29, 1.82) is 0 Å². The van der Waals surface area contributed by atoms with Crippen molar-refractivity contribution in [3.05, 3.63) is 24.8 Å². The summed E-state index contributed by atoms with van der Waals surface area (Å²) in [6.07, 6.45) is 2.69. The molecule has 3 atom stereocenters. The Kier molecular flexibility index (Phi) is 10.4. The zero-order valence-electron chi connectivity index (χ0n) is 30.0. The minimum atomic E-state index is -2.16. The van der Waals surface area contributed by atoms with Crippen molar-refractivity contribution in [2.75, 3.05) is 13.7 Å². The maximum absolute atomic E-state index is 12.1. The first-order valence-electron chi connectivity index (χ1n) is 15.9. The van der Waals surface area contributed by atoms with E-state index >= 15 is 0 Å². The zero-order valence-corrected chi connectivity index (χ0v) is 32.0. The van der Waals surface area contributed by atoms with Crippen LogP contribution in [-0.2, 0) is 23.2 Å². The molecular weight excluding hydrogens is 637 g/mol. The highest BCUT2D eigenvalue weighted by Gasteiger charge is 2.47. The molecule has 0 bridgehead atoms. The maximum atomic E-state index is 12.1. The van der Waals surface area contributed by atoms with Gasteiger partial charge in [-0.25, -0.2) is 15.0 Å². The van der Waals surface area contributed by atoms with Crippen LogP contribution in [0.4, 0.5) is 0 Å². The first-order chi connectivity index (χ1) is 21.6. The molecule has 258 valence electrons. The molecule has 1 saturated heterocycles. The van der Waals surface area contributed by atoms with Crippen molar-refractivity contribution in [3.8, 4) is 28.5 Å². The van der Waals surface area contributed by atoms with Crippen LogP contribution < -0.4 is 14.2 Å². The molecule has 0 N–H and O–H groups in total. The summed E-state index contributed by atoms with van der Waals surface area (Å²) in [5.74, 6) is -0.601. The Morgan fingerprint density at radius 1 is 0.915 bits per heavy atom. The highest BCUT2D eigenvalue weighted by molar-refractivity contribution is 6.74. The number of rotatable bonds is 10. The fourth-order valence-electron chi connectivity index (χ4n) is 4.84. The molecular formula is C33H50N4O8Si2. The van der Waals surface area contributed by atoms with Crippen LogP contribution in [0.1, 0.15) is 68.0 Å². The predicted molar refractivity (Wildman–Crippen MR) is 184 cm³/mol. The largest absolute Gasteiger partial charge is 0.496 e. The predicted octanol–water partition coefficient (Wildman–Crippen LogP) is 7.05. The second-order valence-corrected chi connectivity index (χ2v) is 24.7. The van der Waals surface area contributed by atoms with E-state index in [4.69, 9.17) is 32.8 Å². The number of carbonyl (C=O) groups excluding carboxylic acids is 2. The average Bonchev–Trinajstić information content (AvgIpc) is 3.53. The van der Waals surface area contributed by atoms with Gasteiger partial charge in [-0.15, -0.1) is 0 Å². The number of ether oxygens (including phenoxy) is 4. The number of methoxy groups -OCH3 is 1. The number of carbonyl (C=O) groups is 2. The Hall–Kier alpha value is -3.18. The van der Waals surface area contributed by atoms with E-state index in [-0.39, 0.29) is 39.3 Å². The van der Waals surface area contributed by atoms with Crippen LogP contribution in [0, 0.1) is 0 Å². The first kappa shape index (κ1) is 36.7. The Bertz CT molecular complexity index is 1590. The number of nitrogens with zero attached hydrogens (tertiary/aromatic N) is 4. The summed E-state index contributed by atoms with van der Waals surface area (Å²) in [5.41, 5.74) is 1.48. The summed E-state index contributed by atoms with van der Waals surface area (Å²) in [6.45, 7) is 25.3. The Morgan fingerprint density at radius 3 is 2.00 bits per heavy atom. The van der Waals surface area contributed by atoms with Gasteiger partial charge in [0, 0.05) is 32.4 Å². The van der Waals surface area contributed by atoms with E-state index in [2.05, 4.69) is 77.7 Å². The minimum absolute atomic E-state index is 0.0113. The highest BCUT2D eigenvalue weighted by Crippen LogP contribution is 2.45. The summed E-state index contributed by atoms with van der Waals surface area (Å²) < 4.78 is 38.7. The van der Waals surface area contributed by atoms with Crippen molar-refractivity contribution in [1.82, 2.24) is 19.5 Å². The smallest absolute Gasteiger partial charge is 0.308 e. The topological polar surface area (TPSA) is 133 Å². The number of hydrogen-bond donors (Lipinski definition) is 0. The van der Waals surface area contributed by atoms with Crippen molar-refractivity contribution in [2.24, 2.45) is 0 Å². The number of benzene rings is 1. The number of imidazole rings is 1. The number of aromatic nitrogens is 4. The standard InChI is InChI=1S/C33H50N4O8Si2/c1-20(38)42-24-14-22(40-9)15-25(43-21(2)39)28(24)29-30-31(35-18-34-29)37(19-36-30)27-16-23(45-47(12,13)33(6,7)8)26(44-27)17-41-46(10,11)32(3,4)5/h14-15,18-19,23,26-27H,16-17H2,1-13H3/t23-,26+,27+/m0/s1. The second-order valence-electron chi connectivity index (χ2n) is 15.1. The fourth-order valence-corrected chi connectivity index (χ4v) is 7.21. The third kappa shape index (κ3) is 7.94. The molecule has 0 saturated carbocycles. The summed E-state index contributed by atoms with van der Waals surface area (Å²) in [6, 6.07) is 3.06. The van der Waals surface area contributed by atoms with Gasteiger partial charge in [0.15, 0.2) is 22.3 Å². The average molecular weight is 687 g/mol. The number of esters is 2. The molecule has 1 aliphatic rings. The lowest BCUT2D eigenvalue weighted by molar-refractivity contribution is -0.132. The third-order valence-corrected chi connectivity index (χ3v) is 18.5. The molecule has 12 nitrogen and oxygen atoms in total. The summed E-state index contributed by atoms with van der Waals surface area (Å²) in [4.78, 5) is 38.0. The van der Waals surface area contributed by atoms with Crippen LogP contribution in [0.3, 0.4) is 0 Å². The fraction of sp³-hybridized carbons (Fsp3) is 0.606. The van der Waals surface area contributed by atoms with Gasteiger partial charge in [0.2, 0.25) is 0 Å². The lowest BCUT2D eigenvalue weighted by Gasteiger charge is -2.40. The van der Waals surface area contributed by atoms with Crippen molar-refractivity contribution >= 4 is 39.7 Å². The zero-order chi connectivity index (χ0) is 35.1. The lowest BCUT2D eigenvalue weighted by Crippen LogP contribution is -2.48. The van der Waals surface area contributed by atoms with Crippen LogP contribution in [0.2, 0.25) is 36.3 Å². The van der Waals surface area contributed by atoms with Gasteiger partial charge >= 0.3 is 11.9 Å². The van der Waals surface area contributed by atoms with E-state index in [1.54, 1.807) is 6.33 Å². The Labute approximate surface area is 279 Å². The van der Waals surface area contributed by atoms with E-state index in [1.165, 1.54) is 39.4 Å². The van der Waals surface area contributed by atoms with Gasteiger partial charge in [-0.2, -0.15) is 0 Å². The van der Waals surface area contributed by atoms with E-state index in [0.717, 1.165) is 0 Å². The molecule has 1 aromatic carbocycles. The van der Waals surface area contributed by atoms with Gasteiger partial charge in [-0.05, 0) is 36.3 Å². The molecule has 4 rings (SSSR count). The van der Waals surface area contributed by atoms with E-state index in [1.807, 2.05) is 4.57 Å². The molecule has 3 heterocycles. The van der Waals surface area contributed by atoms with E-state index < -0.39 is 34.8 Å². The van der Waals surface area contributed by atoms with Gasteiger partial charge in [0.1, 0.15) is 47.1 Å². The molecule has 1 aliphatic heterocycles. The lowest BCUT2D eigenvalue weighted by atomic mass is 10.1. The molecule has 14 heteroatoms. The number of hydrogen-bond acceptors (Lipinski definition) is 11. The molecule has 0 radical (unpaired) electrons. The van der Waals surface area contributed by atoms with Crippen LogP contribution in [0.25, 0.3) is 22.4 Å². The summed E-state index contributed by atoms with van der Waals surface area (Å²) >= 11 is 0. The van der Waals surface area contributed by atoms with Crippen LogP contribution >= 0.6 is 0 Å². The monoisotopic (exact) mass is 686 g/mol. The van der Waals surface area contributed by atoms with Crippen LogP contribution in [0.15, 0.2) is 24.8 Å². The minimum Gasteiger partial charge on any atom is -0.496 e. The summed E-state index contributed by atoms with van der Waals surface area (Å²) in [7, 11) is -2.76. The van der Waals surface area contributed by atoms with Crippen molar-refractivity contribution in [2.45, 2.75) is 117 Å². The van der Waals surface area contributed by atoms with E-state index in [0.29, 0.717) is 35.6 Å². The molecule has 0 spiro atoms. The van der Waals surface area contributed by atoms with Crippen molar-refractivity contribution in [3.63, 3.8) is 0 Å². The van der Waals surface area contributed by atoms with Gasteiger partial charge in [-0.3, -0.25) is 14.2 Å². The number of fused-ring (bicyclic) bond motifs is 1. The Morgan fingerprint density at radius 2 is 1.49 bits per heavy atom. The van der Waals surface area contributed by atoms with Gasteiger partial charge in [0.25, 0.3) is 0 Å². The summed E-state index contributed by atoms with van der Waals surface area (Å²) in [5, 5.41) is 0.0590. The SMILES string of the molecule is COc1cc(OC(C)=O)c(-c2ncnc3c2ncn3[C@H]2C[C@H](O[Si](C)(C)C(C)(C)C)[C@@H](CO[Si](C)(C)C(C)(C)C)O2)c(OC(C)=O)c1. The normalized spacial score (nSPS) is 19.2. The first-order valence-corrected chi connectivity index (χ1v) is 21.7. The second kappa shape index (κ2) is 13.4. The van der Waals surface area contributed by atoms with Crippen LogP contribution in [-0.4, -0.2) is 74.0 Å². The quantitative estimate of drug-likeness (QED) is 0.123. The molecule has 0 unspecified atom stereocenters. The van der Waals surface area contributed by atoms with Crippen molar-refractivity contribution < 1.29 is 37.4 Å². The van der Waals surface area contributed by atoms with Gasteiger partial charge in [0.05, 0.1) is 31.7 Å². The third-order valence-electron chi connectivity index (χ3n) is 9.54. The molecule has 1 fully saturated rings. The molecule has 47 heavy (non-hydrogen) atoms. The highest BCUT2D eigenvalue weighted by atomic mass is 28.4. The molecule has 2 aromatic heterocycles. The molecule has 0 amide bonds. The van der Waals surface area contributed by atoms with Gasteiger partial charge < -0.3 is 27.8 Å². The van der Waals surface area contributed by atoms with Gasteiger partial charge in [-0.1, -0.05) is 41.5 Å². The Balaban J connectivity index is 1.78. The molecule has 3 aromatic rings. The van der Waals surface area contributed by atoms with Crippen LogP contribution in [0.5, 0.6) is 17.2 Å². The van der Waals surface area contributed by atoms with E-state index in [9.17, 15) is 9.59 Å². The molecule has 0 aliphatic carbocycles.